The lowest BCUT2D eigenvalue weighted by molar-refractivity contribution is -0.0116. The largest absolute Gasteiger partial charge is 0.394 e. The third kappa shape index (κ3) is 2.52. The third-order valence-electron chi connectivity index (χ3n) is 1.52. The van der Waals surface area contributed by atoms with Crippen LogP contribution in [-0.2, 0) is 0 Å². The molecule has 1 heterocycles. The van der Waals surface area contributed by atoms with E-state index in [-0.39, 0.29) is 11.9 Å². The van der Waals surface area contributed by atoms with Gasteiger partial charge in [-0.05, 0) is 0 Å². The Kier molecular flexibility index (Phi) is 4.01. The van der Waals surface area contributed by atoms with Gasteiger partial charge in [0, 0.05) is 11.0 Å². The summed E-state index contributed by atoms with van der Waals surface area (Å²) in [5, 5.41) is 28.9. The van der Waals surface area contributed by atoms with E-state index in [2.05, 4.69) is 0 Å². The van der Waals surface area contributed by atoms with Crippen molar-refractivity contribution in [3.05, 3.63) is 5.08 Å². The van der Waals surface area contributed by atoms with Crippen molar-refractivity contribution < 1.29 is 15.3 Å². The summed E-state index contributed by atoms with van der Waals surface area (Å²) < 4.78 is 0. The molecule has 0 aromatic rings. The lowest BCUT2D eigenvalue weighted by Crippen LogP contribution is -2.37. The summed E-state index contributed by atoms with van der Waals surface area (Å²) in [7, 11) is 0. The molecule has 0 spiro atoms. The second-order valence-corrected chi connectivity index (χ2v) is 4.66. The van der Waals surface area contributed by atoms with Crippen molar-refractivity contribution in [2.75, 3.05) is 12.4 Å². The molecule has 0 bridgehead atoms. The number of aliphatic hydroxyl groups excluding tert-OH is 3. The fraction of sp³-hybridized carbons (Fsp3) is 0.833. The third-order valence-corrected chi connectivity index (χ3v) is 4.07. The monoisotopic (exact) mass is 195 g/mol. The molecule has 3 N–H and O–H groups in total. The maximum atomic E-state index is 9.35. The summed E-state index contributed by atoms with van der Waals surface area (Å²) in [4.78, 5) is 0. The van der Waals surface area contributed by atoms with Crippen molar-refractivity contribution in [3.8, 4) is 0 Å². The fourth-order valence-electron chi connectivity index (χ4n) is 0.819. The van der Waals surface area contributed by atoms with Crippen LogP contribution in [0, 0.1) is 5.08 Å². The molecule has 1 aliphatic heterocycles. The fourth-order valence-corrected chi connectivity index (χ4v) is 3.30. The van der Waals surface area contributed by atoms with Crippen LogP contribution in [0.25, 0.3) is 0 Å². The lowest BCUT2D eigenvalue weighted by Gasteiger charge is -2.20. The minimum atomic E-state index is -1.00. The van der Waals surface area contributed by atoms with Gasteiger partial charge in [-0.15, -0.1) is 23.5 Å². The van der Waals surface area contributed by atoms with Gasteiger partial charge in [-0.3, -0.25) is 0 Å². The Morgan fingerprint density at radius 3 is 2.73 bits per heavy atom. The SMILES string of the molecule is OCC(O)C(O)C1CS[CH]S1. The second-order valence-electron chi connectivity index (χ2n) is 2.34. The maximum absolute atomic E-state index is 9.35. The van der Waals surface area contributed by atoms with Crippen LogP contribution >= 0.6 is 23.5 Å². The van der Waals surface area contributed by atoms with Crippen LogP contribution in [0.5, 0.6) is 0 Å². The van der Waals surface area contributed by atoms with Gasteiger partial charge < -0.3 is 15.3 Å². The second kappa shape index (κ2) is 4.57. The Labute approximate surface area is 74.2 Å². The quantitative estimate of drug-likeness (QED) is 0.575. The molecular weight excluding hydrogens is 184 g/mol. The lowest BCUT2D eigenvalue weighted by atomic mass is 10.1. The number of rotatable bonds is 3. The van der Waals surface area contributed by atoms with Crippen LogP contribution in [0.3, 0.4) is 0 Å². The summed E-state index contributed by atoms with van der Waals surface area (Å²) >= 11 is 3.13. The normalized spacial score (nSPS) is 30.3. The van der Waals surface area contributed by atoms with Gasteiger partial charge in [-0.1, -0.05) is 0 Å². The van der Waals surface area contributed by atoms with Crippen LogP contribution < -0.4 is 0 Å². The first-order valence-electron chi connectivity index (χ1n) is 3.31. The van der Waals surface area contributed by atoms with Gasteiger partial charge in [0.15, 0.2) is 0 Å². The average molecular weight is 195 g/mol. The highest BCUT2D eigenvalue weighted by atomic mass is 32.2. The van der Waals surface area contributed by atoms with Crippen molar-refractivity contribution in [1.82, 2.24) is 0 Å². The molecule has 0 amide bonds. The van der Waals surface area contributed by atoms with E-state index in [4.69, 9.17) is 10.2 Å². The van der Waals surface area contributed by atoms with E-state index in [1.807, 2.05) is 5.08 Å². The molecule has 3 nitrogen and oxygen atoms in total. The molecule has 1 saturated heterocycles. The molecule has 1 radical (unpaired) electrons. The first-order chi connectivity index (χ1) is 5.25. The van der Waals surface area contributed by atoms with Gasteiger partial charge >= 0.3 is 0 Å². The summed E-state index contributed by atoms with van der Waals surface area (Å²) in [5.74, 6) is 0.808. The Morgan fingerprint density at radius 1 is 1.55 bits per heavy atom. The predicted octanol–water partition coefficient (Wildman–Crippen LogP) is -0.332. The molecule has 3 atom stereocenters. The van der Waals surface area contributed by atoms with Gasteiger partial charge in [0.1, 0.15) is 6.10 Å². The molecule has 5 heteroatoms. The Bertz CT molecular complexity index is 116. The average Bonchev–Trinajstić information content (AvgIpc) is 2.53. The highest BCUT2D eigenvalue weighted by Gasteiger charge is 2.29. The maximum Gasteiger partial charge on any atom is 0.104 e. The van der Waals surface area contributed by atoms with E-state index in [1.165, 1.54) is 11.8 Å². The first-order valence-corrected chi connectivity index (χ1v) is 5.30. The molecule has 1 rings (SSSR count). The minimum absolute atomic E-state index is 0.0298. The van der Waals surface area contributed by atoms with Gasteiger partial charge in [0.25, 0.3) is 0 Å². The molecular formula is C6H11O3S2. The zero-order valence-corrected chi connectivity index (χ0v) is 7.51. The van der Waals surface area contributed by atoms with Gasteiger partial charge in [-0.2, -0.15) is 0 Å². The van der Waals surface area contributed by atoms with Gasteiger partial charge in [0.2, 0.25) is 0 Å². The van der Waals surface area contributed by atoms with Crippen LogP contribution in [0.15, 0.2) is 0 Å². The van der Waals surface area contributed by atoms with Crippen molar-refractivity contribution >= 4 is 23.5 Å². The topological polar surface area (TPSA) is 60.7 Å². The van der Waals surface area contributed by atoms with Crippen molar-refractivity contribution in [2.24, 2.45) is 0 Å². The van der Waals surface area contributed by atoms with E-state index < -0.39 is 12.2 Å². The van der Waals surface area contributed by atoms with Crippen LogP contribution in [0.4, 0.5) is 0 Å². The molecule has 65 valence electrons. The molecule has 0 aromatic carbocycles. The van der Waals surface area contributed by atoms with Crippen LogP contribution in [-0.4, -0.2) is 45.1 Å². The van der Waals surface area contributed by atoms with E-state index in [0.29, 0.717) is 0 Å². The summed E-state index contributed by atoms with van der Waals surface area (Å²) in [5.41, 5.74) is 0. The molecule has 1 aliphatic rings. The summed E-state index contributed by atoms with van der Waals surface area (Å²) in [6, 6.07) is 0. The Hall–Kier alpha value is 0.580. The number of thioether (sulfide) groups is 2. The highest BCUT2D eigenvalue weighted by Crippen LogP contribution is 2.36. The predicted molar refractivity (Wildman–Crippen MR) is 47.2 cm³/mol. The summed E-state index contributed by atoms with van der Waals surface area (Å²) in [6.07, 6.45) is -1.81. The van der Waals surface area contributed by atoms with Gasteiger partial charge in [0.05, 0.1) is 17.8 Å². The van der Waals surface area contributed by atoms with Crippen molar-refractivity contribution in [3.63, 3.8) is 0 Å². The molecule has 0 aromatic heterocycles. The molecule has 11 heavy (non-hydrogen) atoms. The van der Waals surface area contributed by atoms with Crippen LogP contribution in [0.2, 0.25) is 0 Å². The van der Waals surface area contributed by atoms with E-state index in [0.717, 1.165) is 5.75 Å². The Morgan fingerprint density at radius 2 is 2.27 bits per heavy atom. The molecule has 1 fully saturated rings. The molecule has 3 unspecified atom stereocenters. The zero-order chi connectivity index (χ0) is 8.27. The zero-order valence-electron chi connectivity index (χ0n) is 5.88. The summed E-state index contributed by atoms with van der Waals surface area (Å²) in [6.45, 7) is -0.372. The minimum Gasteiger partial charge on any atom is -0.394 e. The number of hydrogen-bond donors (Lipinski definition) is 3. The van der Waals surface area contributed by atoms with E-state index in [9.17, 15) is 5.11 Å². The van der Waals surface area contributed by atoms with Crippen molar-refractivity contribution in [2.45, 2.75) is 17.5 Å². The van der Waals surface area contributed by atoms with E-state index >= 15 is 0 Å². The first kappa shape index (κ1) is 9.67. The Balaban J connectivity index is 2.32. The van der Waals surface area contributed by atoms with Crippen molar-refractivity contribution in [1.29, 1.82) is 0 Å². The number of hydrogen-bond acceptors (Lipinski definition) is 5. The van der Waals surface area contributed by atoms with E-state index in [1.54, 1.807) is 11.8 Å². The molecule has 0 saturated carbocycles. The standard InChI is InChI=1S/C6H11O3S2/c7-1-4(8)6(9)5-2-10-3-11-5/h3-9H,1-2H2. The van der Waals surface area contributed by atoms with Crippen LogP contribution in [0.1, 0.15) is 0 Å². The van der Waals surface area contributed by atoms with Gasteiger partial charge in [-0.25, -0.2) is 0 Å². The number of aliphatic hydroxyl groups is 3. The molecule has 0 aliphatic carbocycles. The highest BCUT2D eigenvalue weighted by molar-refractivity contribution is 8.22. The smallest absolute Gasteiger partial charge is 0.104 e.